The zero-order chi connectivity index (χ0) is 18.4. The van der Waals surface area contributed by atoms with Gasteiger partial charge in [-0.25, -0.2) is 0 Å². The zero-order valence-electron chi connectivity index (χ0n) is 14.7. The van der Waals surface area contributed by atoms with E-state index in [1.165, 1.54) is 0 Å². The molecule has 5 heteroatoms. The molecule has 1 fully saturated rings. The normalized spacial score (nSPS) is 14.6. The van der Waals surface area contributed by atoms with E-state index < -0.39 is 5.91 Å². The van der Waals surface area contributed by atoms with Crippen molar-refractivity contribution in [2.75, 3.05) is 36.5 Å². The van der Waals surface area contributed by atoms with E-state index in [1.807, 2.05) is 61.5 Å². The number of hydrogen-bond donors (Lipinski definition) is 1. The minimum atomic E-state index is -0.404. The van der Waals surface area contributed by atoms with Gasteiger partial charge >= 0.3 is 0 Å². The summed E-state index contributed by atoms with van der Waals surface area (Å²) >= 11 is 0. The third-order valence-corrected chi connectivity index (χ3v) is 4.34. The number of nitrogens with zero attached hydrogens (tertiary/aromatic N) is 2. The molecule has 0 radical (unpaired) electrons. The molecule has 2 aromatic carbocycles. The molecule has 0 atom stereocenters. The van der Waals surface area contributed by atoms with E-state index in [0.29, 0.717) is 5.69 Å². The maximum atomic E-state index is 12.4. The van der Waals surface area contributed by atoms with Crippen molar-refractivity contribution in [3.05, 3.63) is 65.2 Å². The number of rotatable bonds is 4. The van der Waals surface area contributed by atoms with Crippen LogP contribution in [0.4, 0.5) is 11.4 Å². The summed E-state index contributed by atoms with van der Waals surface area (Å²) in [4.78, 5) is 14.6. The Kier molecular flexibility index (Phi) is 5.67. The fourth-order valence-electron chi connectivity index (χ4n) is 2.82. The van der Waals surface area contributed by atoms with Crippen LogP contribution in [-0.4, -0.2) is 32.2 Å². The first kappa shape index (κ1) is 17.7. The maximum absolute atomic E-state index is 12.4. The summed E-state index contributed by atoms with van der Waals surface area (Å²) in [5, 5.41) is 12.2. The standard InChI is InChI=1S/C21H21N3O2/c1-16-4-2-3-5-20(16)23-21(25)18(15-22)14-17-6-8-19(9-7-17)24-10-12-26-13-11-24/h2-9,14H,10-13H2,1H3,(H,23,25)/b18-14+. The molecule has 0 bridgehead atoms. The van der Waals surface area contributed by atoms with Crippen LogP contribution >= 0.6 is 0 Å². The lowest BCUT2D eigenvalue weighted by molar-refractivity contribution is -0.112. The molecule has 1 amide bonds. The molecule has 1 aliphatic heterocycles. The second-order valence-electron chi connectivity index (χ2n) is 6.13. The summed E-state index contributed by atoms with van der Waals surface area (Å²) in [6.45, 7) is 5.13. The molecule has 1 saturated heterocycles. The van der Waals surface area contributed by atoms with Crippen molar-refractivity contribution >= 4 is 23.4 Å². The van der Waals surface area contributed by atoms with Gasteiger partial charge < -0.3 is 15.0 Å². The lowest BCUT2D eigenvalue weighted by atomic mass is 10.1. The van der Waals surface area contributed by atoms with E-state index in [1.54, 1.807) is 6.08 Å². The van der Waals surface area contributed by atoms with Crippen molar-refractivity contribution in [1.29, 1.82) is 5.26 Å². The number of hydrogen-bond acceptors (Lipinski definition) is 4. The third kappa shape index (κ3) is 4.29. The molecule has 1 N–H and O–H groups in total. The van der Waals surface area contributed by atoms with Crippen molar-refractivity contribution < 1.29 is 9.53 Å². The van der Waals surface area contributed by atoms with E-state index in [-0.39, 0.29) is 5.57 Å². The molecule has 0 spiro atoms. The van der Waals surface area contributed by atoms with E-state index in [2.05, 4.69) is 10.2 Å². The molecular formula is C21H21N3O2. The predicted octanol–water partition coefficient (Wildman–Crippen LogP) is 3.38. The Morgan fingerprint density at radius 3 is 2.50 bits per heavy atom. The Morgan fingerprint density at radius 1 is 1.15 bits per heavy atom. The molecule has 0 unspecified atom stereocenters. The second kappa shape index (κ2) is 8.32. The average Bonchev–Trinajstić information content (AvgIpc) is 2.69. The number of ether oxygens (including phenoxy) is 1. The number of aryl methyl sites for hydroxylation is 1. The highest BCUT2D eigenvalue weighted by Gasteiger charge is 2.12. The molecule has 2 aromatic rings. The van der Waals surface area contributed by atoms with Crippen LogP contribution in [0.1, 0.15) is 11.1 Å². The Morgan fingerprint density at radius 2 is 1.85 bits per heavy atom. The van der Waals surface area contributed by atoms with Gasteiger partial charge in [-0.3, -0.25) is 4.79 Å². The SMILES string of the molecule is Cc1ccccc1NC(=O)/C(C#N)=C/c1ccc(N2CCOCC2)cc1. The summed E-state index contributed by atoms with van der Waals surface area (Å²) < 4.78 is 5.36. The molecule has 5 nitrogen and oxygen atoms in total. The number of morpholine rings is 1. The van der Waals surface area contributed by atoms with E-state index in [4.69, 9.17) is 4.74 Å². The van der Waals surface area contributed by atoms with Crippen LogP contribution in [0.25, 0.3) is 6.08 Å². The first-order valence-corrected chi connectivity index (χ1v) is 8.59. The van der Waals surface area contributed by atoms with Gasteiger partial charge in [0, 0.05) is 24.5 Å². The lowest BCUT2D eigenvalue weighted by Crippen LogP contribution is -2.36. The molecule has 132 valence electrons. The van der Waals surface area contributed by atoms with Gasteiger partial charge in [-0.2, -0.15) is 5.26 Å². The highest BCUT2D eigenvalue weighted by molar-refractivity contribution is 6.09. The monoisotopic (exact) mass is 347 g/mol. The first-order chi connectivity index (χ1) is 12.7. The van der Waals surface area contributed by atoms with Gasteiger partial charge in [-0.05, 0) is 42.3 Å². The molecule has 26 heavy (non-hydrogen) atoms. The van der Waals surface area contributed by atoms with Gasteiger partial charge in [-0.15, -0.1) is 0 Å². The molecule has 0 aromatic heterocycles. The van der Waals surface area contributed by atoms with Crippen LogP contribution in [0.2, 0.25) is 0 Å². The quantitative estimate of drug-likeness (QED) is 0.680. The topological polar surface area (TPSA) is 65.4 Å². The third-order valence-electron chi connectivity index (χ3n) is 4.34. The number of anilines is 2. The maximum Gasteiger partial charge on any atom is 0.266 e. The second-order valence-corrected chi connectivity index (χ2v) is 6.13. The van der Waals surface area contributed by atoms with Crippen molar-refractivity contribution in [2.45, 2.75) is 6.92 Å². The Bertz CT molecular complexity index is 844. The van der Waals surface area contributed by atoms with Gasteiger partial charge in [-0.1, -0.05) is 30.3 Å². The van der Waals surface area contributed by atoms with Crippen LogP contribution in [-0.2, 0) is 9.53 Å². The van der Waals surface area contributed by atoms with Crippen LogP contribution in [0, 0.1) is 18.3 Å². The smallest absolute Gasteiger partial charge is 0.266 e. The molecule has 0 aliphatic carbocycles. The largest absolute Gasteiger partial charge is 0.378 e. The van der Waals surface area contributed by atoms with Gasteiger partial charge in [0.25, 0.3) is 5.91 Å². The number of nitrogens with one attached hydrogen (secondary N) is 1. The minimum Gasteiger partial charge on any atom is -0.378 e. The van der Waals surface area contributed by atoms with E-state index >= 15 is 0 Å². The molecule has 3 rings (SSSR count). The summed E-state index contributed by atoms with van der Waals surface area (Å²) in [7, 11) is 0. The first-order valence-electron chi connectivity index (χ1n) is 8.59. The number of amides is 1. The van der Waals surface area contributed by atoms with Crippen molar-refractivity contribution in [3.63, 3.8) is 0 Å². The number of carbonyl (C=O) groups is 1. The number of nitriles is 1. The molecule has 0 saturated carbocycles. The summed E-state index contributed by atoms with van der Waals surface area (Å²) in [5.41, 5.74) is 3.67. The van der Waals surface area contributed by atoms with Crippen molar-refractivity contribution in [3.8, 4) is 6.07 Å². The fourth-order valence-corrected chi connectivity index (χ4v) is 2.82. The number of para-hydroxylation sites is 1. The number of benzene rings is 2. The van der Waals surface area contributed by atoms with Gasteiger partial charge in [0.2, 0.25) is 0 Å². The molecular weight excluding hydrogens is 326 g/mol. The summed E-state index contributed by atoms with van der Waals surface area (Å²) in [6.07, 6.45) is 1.61. The summed E-state index contributed by atoms with van der Waals surface area (Å²) in [6, 6.07) is 17.3. The summed E-state index contributed by atoms with van der Waals surface area (Å²) in [5.74, 6) is -0.404. The Balaban J connectivity index is 1.73. The van der Waals surface area contributed by atoms with Crippen LogP contribution in [0.3, 0.4) is 0 Å². The Labute approximate surface area is 153 Å². The highest BCUT2D eigenvalue weighted by atomic mass is 16.5. The Hall–Kier alpha value is -3.10. The van der Waals surface area contributed by atoms with Crippen LogP contribution in [0.5, 0.6) is 0 Å². The van der Waals surface area contributed by atoms with Gasteiger partial charge in [0.15, 0.2) is 0 Å². The minimum absolute atomic E-state index is 0.0763. The van der Waals surface area contributed by atoms with E-state index in [0.717, 1.165) is 43.1 Å². The molecule has 1 heterocycles. The average molecular weight is 347 g/mol. The lowest BCUT2D eigenvalue weighted by Gasteiger charge is -2.28. The predicted molar refractivity (Wildman–Crippen MR) is 103 cm³/mol. The van der Waals surface area contributed by atoms with Crippen LogP contribution in [0.15, 0.2) is 54.1 Å². The fraction of sp³-hybridized carbons (Fsp3) is 0.238. The van der Waals surface area contributed by atoms with Crippen molar-refractivity contribution in [2.24, 2.45) is 0 Å². The molecule has 1 aliphatic rings. The van der Waals surface area contributed by atoms with Crippen molar-refractivity contribution in [1.82, 2.24) is 0 Å². The van der Waals surface area contributed by atoms with E-state index in [9.17, 15) is 10.1 Å². The van der Waals surface area contributed by atoms with Gasteiger partial charge in [0.1, 0.15) is 11.6 Å². The number of carbonyl (C=O) groups excluding carboxylic acids is 1. The highest BCUT2D eigenvalue weighted by Crippen LogP contribution is 2.19. The van der Waals surface area contributed by atoms with Gasteiger partial charge in [0.05, 0.1) is 13.2 Å². The van der Waals surface area contributed by atoms with Crippen LogP contribution < -0.4 is 10.2 Å². The zero-order valence-corrected chi connectivity index (χ0v) is 14.7.